The van der Waals surface area contributed by atoms with Crippen LogP contribution in [-0.4, -0.2) is 28.5 Å². The number of benzene rings is 3. The molecule has 0 aliphatic heterocycles. The van der Waals surface area contributed by atoms with Crippen LogP contribution in [0.25, 0.3) is 11.0 Å². The maximum Gasteiger partial charge on any atom is 0.338 e. The minimum absolute atomic E-state index is 0.00460. The number of esters is 1. The van der Waals surface area contributed by atoms with Gasteiger partial charge in [0.2, 0.25) is 0 Å². The smallest absolute Gasteiger partial charge is 0.338 e. The summed E-state index contributed by atoms with van der Waals surface area (Å²) in [6.45, 7) is 3.64. The number of hydrogen-bond acceptors (Lipinski definition) is 7. The Morgan fingerprint density at radius 1 is 1.00 bits per heavy atom. The average molecular weight is 508 g/mol. The number of methoxy groups -OCH3 is 1. The van der Waals surface area contributed by atoms with Gasteiger partial charge in [-0.25, -0.2) is 18.0 Å². The lowest BCUT2D eigenvalue weighted by Crippen LogP contribution is -2.27. The molecule has 0 unspecified atom stereocenters. The lowest BCUT2D eigenvalue weighted by atomic mass is 10.0. The van der Waals surface area contributed by atoms with E-state index in [0.717, 1.165) is 15.4 Å². The fourth-order valence-corrected chi connectivity index (χ4v) is 5.02. The molecule has 0 saturated heterocycles. The Labute approximate surface area is 208 Å². The number of aryl methyl sites for hydroxylation is 2. The number of carbonyl (C=O) groups excluding carboxylic acids is 1. The molecule has 0 bridgehead atoms. The van der Waals surface area contributed by atoms with Crippen molar-refractivity contribution < 1.29 is 27.1 Å². The van der Waals surface area contributed by atoms with Gasteiger partial charge in [0, 0.05) is 24.1 Å². The van der Waals surface area contributed by atoms with Crippen LogP contribution in [-0.2, 0) is 21.4 Å². The number of hydrogen-bond donors (Lipinski definition) is 0. The first-order chi connectivity index (χ1) is 17.1. The summed E-state index contributed by atoms with van der Waals surface area (Å²) in [5.74, 6) is -0.237. The molecule has 0 amide bonds. The van der Waals surface area contributed by atoms with Gasteiger partial charge in [-0.1, -0.05) is 24.3 Å². The number of sulfonamides is 1. The van der Waals surface area contributed by atoms with Crippen molar-refractivity contribution in [2.75, 3.05) is 18.5 Å². The normalized spacial score (nSPS) is 11.3. The SMILES string of the molecule is COc1ccccc1N(C)S(=O)(=O)c1ccc(C(=O)OCc2cc(=O)oc3c(C)c(C)ccc23)cc1. The van der Waals surface area contributed by atoms with Crippen LogP contribution in [0.4, 0.5) is 5.69 Å². The van der Waals surface area contributed by atoms with Crippen LogP contribution in [0.15, 0.2) is 80.8 Å². The molecule has 0 N–H and O–H groups in total. The van der Waals surface area contributed by atoms with Crippen LogP contribution in [0.2, 0.25) is 0 Å². The van der Waals surface area contributed by atoms with E-state index in [9.17, 15) is 18.0 Å². The first kappa shape index (κ1) is 25.0. The minimum Gasteiger partial charge on any atom is -0.495 e. The molecule has 36 heavy (non-hydrogen) atoms. The predicted molar refractivity (Wildman–Crippen MR) is 136 cm³/mol. The number of nitrogens with zero attached hydrogens (tertiary/aromatic N) is 1. The van der Waals surface area contributed by atoms with Crippen LogP contribution in [0.1, 0.15) is 27.0 Å². The van der Waals surface area contributed by atoms with E-state index in [1.165, 1.54) is 44.5 Å². The lowest BCUT2D eigenvalue weighted by molar-refractivity contribution is 0.0473. The zero-order valence-corrected chi connectivity index (χ0v) is 21.1. The van der Waals surface area contributed by atoms with E-state index < -0.39 is 21.6 Å². The third-order valence-electron chi connectivity index (χ3n) is 6.05. The Bertz CT molecular complexity index is 1610. The van der Waals surface area contributed by atoms with Crippen LogP contribution in [0.5, 0.6) is 5.75 Å². The first-order valence-electron chi connectivity index (χ1n) is 11.1. The molecule has 186 valence electrons. The quantitative estimate of drug-likeness (QED) is 0.266. The Kier molecular flexibility index (Phi) is 6.85. The fourth-order valence-electron chi connectivity index (χ4n) is 3.81. The molecule has 9 heteroatoms. The number of rotatable bonds is 7. The third-order valence-corrected chi connectivity index (χ3v) is 7.83. The van der Waals surface area contributed by atoms with Gasteiger partial charge in [0.15, 0.2) is 0 Å². The molecule has 4 rings (SSSR count). The standard InChI is InChI=1S/C27H25NO7S/c1-17-9-14-22-20(15-25(29)35-26(22)18(17)2)16-34-27(30)19-10-12-21(13-11-19)36(31,32)28(3)23-7-5-6-8-24(23)33-4/h5-15H,16H2,1-4H3. The molecule has 1 aromatic heterocycles. The summed E-state index contributed by atoms with van der Waals surface area (Å²) >= 11 is 0. The molecule has 0 spiro atoms. The number of fused-ring (bicyclic) bond motifs is 1. The number of ether oxygens (including phenoxy) is 2. The van der Waals surface area contributed by atoms with Gasteiger partial charge in [-0.15, -0.1) is 0 Å². The highest BCUT2D eigenvalue weighted by molar-refractivity contribution is 7.92. The van der Waals surface area contributed by atoms with Crippen molar-refractivity contribution in [2.24, 2.45) is 0 Å². The minimum atomic E-state index is -3.90. The Balaban J connectivity index is 1.53. The predicted octanol–water partition coefficient (Wildman–Crippen LogP) is 4.60. The molecule has 3 aromatic carbocycles. The summed E-state index contributed by atoms with van der Waals surface area (Å²) in [6, 6.07) is 17.3. The van der Waals surface area contributed by atoms with Crippen molar-refractivity contribution in [3.05, 3.63) is 99.4 Å². The Hall–Kier alpha value is -4.11. The van der Waals surface area contributed by atoms with E-state index in [4.69, 9.17) is 13.9 Å². The molecule has 0 aliphatic carbocycles. The van der Waals surface area contributed by atoms with Gasteiger partial charge < -0.3 is 13.9 Å². The van der Waals surface area contributed by atoms with Gasteiger partial charge in [-0.2, -0.15) is 0 Å². The van der Waals surface area contributed by atoms with Crippen LogP contribution >= 0.6 is 0 Å². The van der Waals surface area contributed by atoms with Crippen LogP contribution < -0.4 is 14.7 Å². The number of para-hydroxylation sites is 2. The molecule has 4 aromatic rings. The second-order valence-corrected chi connectivity index (χ2v) is 10.2. The summed E-state index contributed by atoms with van der Waals surface area (Å²) in [7, 11) is -1.01. The van der Waals surface area contributed by atoms with Gasteiger partial charge in [0.1, 0.15) is 17.9 Å². The van der Waals surface area contributed by atoms with Gasteiger partial charge in [0.05, 0.1) is 23.3 Å². The Morgan fingerprint density at radius 2 is 1.69 bits per heavy atom. The molecular formula is C27H25NO7S. The molecular weight excluding hydrogens is 482 g/mol. The van der Waals surface area contributed by atoms with Gasteiger partial charge in [0.25, 0.3) is 10.0 Å². The zero-order chi connectivity index (χ0) is 26.0. The maximum atomic E-state index is 13.1. The molecule has 0 radical (unpaired) electrons. The Morgan fingerprint density at radius 3 is 2.39 bits per heavy atom. The van der Waals surface area contributed by atoms with E-state index in [-0.39, 0.29) is 17.1 Å². The van der Waals surface area contributed by atoms with Gasteiger partial charge in [-0.05, 0) is 61.4 Å². The van der Waals surface area contributed by atoms with E-state index in [1.54, 1.807) is 24.3 Å². The van der Waals surface area contributed by atoms with E-state index in [2.05, 4.69) is 0 Å². The average Bonchev–Trinajstić information content (AvgIpc) is 2.89. The van der Waals surface area contributed by atoms with Crippen molar-refractivity contribution >= 4 is 32.6 Å². The monoisotopic (exact) mass is 507 g/mol. The highest BCUT2D eigenvalue weighted by Gasteiger charge is 2.24. The van der Waals surface area contributed by atoms with E-state index in [0.29, 0.717) is 28.0 Å². The highest BCUT2D eigenvalue weighted by Crippen LogP contribution is 2.31. The number of anilines is 1. The summed E-state index contributed by atoms with van der Waals surface area (Å²) < 4.78 is 43.4. The molecule has 0 aliphatic rings. The van der Waals surface area contributed by atoms with E-state index >= 15 is 0 Å². The van der Waals surface area contributed by atoms with Crippen molar-refractivity contribution in [1.82, 2.24) is 0 Å². The molecule has 0 fully saturated rings. The van der Waals surface area contributed by atoms with E-state index in [1.807, 2.05) is 26.0 Å². The molecule has 8 nitrogen and oxygen atoms in total. The first-order valence-corrected chi connectivity index (χ1v) is 12.5. The zero-order valence-electron chi connectivity index (χ0n) is 20.3. The molecule has 1 heterocycles. The second kappa shape index (κ2) is 9.87. The molecule has 0 saturated carbocycles. The van der Waals surface area contributed by atoms with Gasteiger partial charge in [-0.3, -0.25) is 4.31 Å². The van der Waals surface area contributed by atoms with Gasteiger partial charge >= 0.3 is 11.6 Å². The van der Waals surface area contributed by atoms with Crippen LogP contribution in [0.3, 0.4) is 0 Å². The fraction of sp³-hybridized carbons (Fsp3) is 0.185. The summed E-state index contributed by atoms with van der Waals surface area (Å²) in [4.78, 5) is 24.7. The lowest BCUT2D eigenvalue weighted by Gasteiger charge is -2.21. The van der Waals surface area contributed by atoms with Crippen LogP contribution in [0, 0.1) is 13.8 Å². The van der Waals surface area contributed by atoms with Crippen molar-refractivity contribution in [3.8, 4) is 5.75 Å². The summed E-state index contributed by atoms with van der Waals surface area (Å²) in [5, 5.41) is 0.686. The summed E-state index contributed by atoms with van der Waals surface area (Å²) in [6.07, 6.45) is 0. The van der Waals surface area contributed by atoms with Crippen molar-refractivity contribution in [2.45, 2.75) is 25.3 Å². The molecule has 0 atom stereocenters. The summed E-state index contributed by atoms with van der Waals surface area (Å²) in [5.41, 5.74) is 2.83. The third kappa shape index (κ3) is 4.70. The largest absolute Gasteiger partial charge is 0.495 e. The second-order valence-electron chi connectivity index (χ2n) is 8.22. The number of carbonyl (C=O) groups is 1. The topological polar surface area (TPSA) is 103 Å². The van der Waals surface area contributed by atoms with Crippen molar-refractivity contribution in [3.63, 3.8) is 0 Å². The van der Waals surface area contributed by atoms with Crippen molar-refractivity contribution in [1.29, 1.82) is 0 Å². The maximum absolute atomic E-state index is 13.1. The highest BCUT2D eigenvalue weighted by atomic mass is 32.2.